The number of fused-ring (bicyclic) bond motifs is 1. The summed E-state index contributed by atoms with van der Waals surface area (Å²) in [6.45, 7) is 11.0. The number of aromatic nitrogens is 1. The summed E-state index contributed by atoms with van der Waals surface area (Å²) in [5, 5.41) is 6.64. The average molecular weight is 335 g/mol. The molecule has 0 spiro atoms. The predicted octanol–water partition coefficient (Wildman–Crippen LogP) is 1.21. The van der Waals surface area contributed by atoms with Gasteiger partial charge in [-0.3, -0.25) is 4.90 Å². The number of nitrogens with one attached hydrogen (secondary N) is 2. The molecule has 0 radical (unpaired) electrons. The van der Waals surface area contributed by atoms with Gasteiger partial charge in [-0.2, -0.15) is 0 Å². The standard InChI is InChI=1S/C17H29N5O2/c1-4-18-17(20-9-16-21-12(2)13(3)24-16)19-8-15-10-22-7-5-6-14(22)11-23-15/h14-15H,4-11H2,1-3H3,(H2,18,19,20). The Morgan fingerprint density at radius 2 is 2.25 bits per heavy atom. The van der Waals surface area contributed by atoms with Crippen molar-refractivity contribution in [2.24, 2.45) is 4.99 Å². The highest BCUT2D eigenvalue weighted by atomic mass is 16.5. The van der Waals surface area contributed by atoms with Crippen LogP contribution in [0.15, 0.2) is 9.41 Å². The van der Waals surface area contributed by atoms with Crippen LogP contribution >= 0.6 is 0 Å². The van der Waals surface area contributed by atoms with Crippen molar-refractivity contribution in [2.45, 2.75) is 52.3 Å². The largest absolute Gasteiger partial charge is 0.444 e. The Morgan fingerprint density at radius 3 is 3.00 bits per heavy atom. The van der Waals surface area contributed by atoms with E-state index in [4.69, 9.17) is 9.15 Å². The molecule has 2 fully saturated rings. The molecule has 24 heavy (non-hydrogen) atoms. The topological polar surface area (TPSA) is 74.9 Å². The predicted molar refractivity (Wildman–Crippen MR) is 93.1 cm³/mol. The summed E-state index contributed by atoms with van der Waals surface area (Å²) in [5.74, 6) is 2.28. The zero-order valence-corrected chi connectivity index (χ0v) is 15.0. The van der Waals surface area contributed by atoms with Crippen LogP contribution in [0.25, 0.3) is 0 Å². The van der Waals surface area contributed by atoms with Gasteiger partial charge >= 0.3 is 0 Å². The van der Waals surface area contributed by atoms with E-state index in [-0.39, 0.29) is 6.10 Å². The number of oxazole rings is 1. The highest BCUT2D eigenvalue weighted by molar-refractivity contribution is 5.79. The van der Waals surface area contributed by atoms with Crippen molar-refractivity contribution in [3.63, 3.8) is 0 Å². The molecule has 2 saturated heterocycles. The molecule has 3 heterocycles. The first-order valence-electron chi connectivity index (χ1n) is 8.96. The number of hydrogen-bond acceptors (Lipinski definition) is 5. The molecule has 0 bridgehead atoms. The van der Waals surface area contributed by atoms with Crippen molar-refractivity contribution in [3.05, 3.63) is 17.3 Å². The SMILES string of the molecule is CCNC(=NCc1nc(C)c(C)o1)NCC1CN2CCCC2CO1. The Balaban J connectivity index is 1.50. The van der Waals surface area contributed by atoms with Gasteiger partial charge < -0.3 is 19.8 Å². The van der Waals surface area contributed by atoms with Gasteiger partial charge in [-0.1, -0.05) is 0 Å². The summed E-state index contributed by atoms with van der Waals surface area (Å²) < 4.78 is 11.6. The third kappa shape index (κ3) is 4.27. The van der Waals surface area contributed by atoms with Crippen LogP contribution in [0.2, 0.25) is 0 Å². The van der Waals surface area contributed by atoms with Gasteiger partial charge in [-0.15, -0.1) is 0 Å². The van der Waals surface area contributed by atoms with Gasteiger partial charge in [-0.05, 0) is 40.2 Å². The maximum Gasteiger partial charge on any atom is 0.216 e. The number of hydrogen-bond donors (Lipinski definition) is 2. The van der Waals surface area contributed by atoms with E-state index in [0.717, 1.165) is 43.7 Å². The molecule has 0 amide bonds. The highest BCUT2D eigenvalue weighted by Gasteiger charge is 2.32. The number of ether oxygens (including phenoxy) is 1. The summed E-state index contributed by atoms with van der Waals surface area (Å²) in [4.78, 5) is 11.5. The summed E-state index contributed by atoms with van der Waals surface area (Å²) in [5.41, 5.74) is 0.925. The monoisotopic (exact) mass is 335 g/mol. The molecule has 1 aromatic rings. The third-order valence-electron chi connectivity index (χ3n) is 4.75. The first-order valence-corrected chi connectivity index (χ1v) is 8.96. The fourth-order valence-electron chi connectivity index (χ4n) is 3.31. The quantitative estimate of drug-likeness (QED) is 0.622. The van der Waals surface area contributed by atoms with Crippen LogP contribution in [-0.2, 0) is 11.3 Å². The van der Waals surface area contributed by atoms with E-state index < -0.39 is 0 Å². The fourth-order valence-corrected chi connectivity index (χ4v) is 3.31. The van der Waals surface area contributed by atoms with E-state index in [9.17, 15) is 0 Å². The molecule has 0 aliphatic carbocycles. The van der Waals surface area contributed by atoms with Gasteiger partial charge in [0, 0.05) is 25.7 Å². The van der Waals surface area contributed by atoms with Crippen molar-refractivity contribution >= 4 is 5.96 Å². The fraction of sp³-hybridized carbons (Fsp3) is 0.765. The van der Waals surface area contributed by atoms with E-state index in [1.165, 1.54) is 19.4 Å². The van der Waals surface area contributed by atoms with Gasteiger partial charge in [0.1, 0.15) is 12.3 Å². The summed E-state index contributed by atoms with van der Waals surface area (Å²) in [6.07, 6.45) is 2.79. The molecule has 0 saturated carbocycles. The van der Waals surface area contributed by atoms with E-state index in [1.54, 1.807) is 0 Å². The number of morpholine rings is 1. The Morgan fingerprint density at radius 1 is 1.38 bits per heavy atom. The molecule has 0 aromatic carbocycles. The first-order chi connectivity index (χ1) is 11.7. The Hall–Kier alpha value is -1.60. The Bertz CT molecular complexity index is 552. The summed E-state index contributed by atoms with van der Waals surface area (Å²) >= 11 is 0. The molecule has 2 aliphatic rings. The second-order valence-corrected chi connectivity index (χ2v) is 6.57. The maximum atomic E-state index is 5.98. The normalized spacial score (nSPS) is 24.9. The van der Waals surface area contributed by atoms with Crippen molar-refractivity contribution in [2.75, 3.05) is 32.8 Å². The molecule has 2 unspecified atom stereocenters. The van der Waals surface area contributed by atoms with Gasteiger partial charge in [0.05, 0.1) is 18.4 Å². The molecular formula is C17H29N5O2. The molecule has 3 rings (SSSR count). The number of guanidine groups is 1. The van der Waals surface area contributed by atoms with Crippen molar-refractivity contribution < 1.29 is 9.15 Å². The molecule has 7 nitrogen and oxygen atoms in total. The van der Waals surface area contributed by atoms with Crippen LogP contribution in [0, 0.1) is 13.8 Å². The third-order valence-corrected chi connectivity index (χ3v) is 4.75. The lowest BCUT2D eigenvalue weighted by molar-refractivity contribution is -0.0453. The minimum Gasteiger partial charge on any atom is -0.444 e. The summed E-state index contributed by atoms with van der Waals surface area (Å²) in [7, 11) is 0. The van der Waals surface area contributed by atoms with E-state index >= 15 is 0 Å². The molecule has 2 N–H and O–H groups in total. The van der Waals surface area contributed by atoms with Crippen LogP contribution in [0.5, 0.6) is 0 Å². The highest BCUT2D eigenvalue weighted by Crippen LogP contribution is 2.22. The molecular weight excluding hydrogens is 306 g/mol. The smallest absolute Gasteiger partial charge is 0.216 e. The minimum atomic E-state index is 0.217. The molecule has 2 aliphatic heterocycles. The van der Waals surface area contributed by atoms with Crippen LogP contribution < -0.4 is 10.6 Å². The average Bonchev–Trinajstić information content (AvgIpc) is 3.16. The van der Waals surface area contributed by atoms with Crippen LogP contribution in [0.4, 0.5) is 0 Å². The van der Waals surface area contributed by atoms with Gasteiger partial charge in [-0.25, -0.2) is 9.98 Å². The van der Waals surface area contributed by atoms with E-state index in [2.05, 4.69) is 32.4 Å². The first kappa shape index (κ1) is 17.2. The van der Waals surface area contributed by atoms with Crippen LogP contribution in [0.1, 0.15) is 37.1 Å². The second kappa shape index (κ2) is 7.98. The Kier molecular flexibility index (Phi) is 5.73. The maximum absolute atomic E-state index is 5.98. The zero-order chi connectivity index (χ0) is 16.9. The molecule has 1 aromatic heterocycles. The van der Waals surface area contributed by atoms with Crippen LogP contribution in [0.3, 0.4) is 0 Å². The number of aliphatic imine (C=N–C) groups is 1. The van der Waals surface area contributed by atoms with E-state index in [0.29, 0.717) is 18.5 Å². The van der Waals surface area contributed by atoms with Gasteiger partial charge in [0.2, 0.25) is 5.89 Å². The van der Waals surface area contributed by atoms with Gasteiger partial charge in [0.25, 0.3) is 0 Å². The summed E-state index contributed by atoms with van der Waals surface area (Å²) in [6, 6.07) is 0.639. The molecule has 7 heteroatoms. The van der Waals surface area contributed by atoms with E-state index in [1.807, 2.05) is 13.8 Å². The van der Waals surface area contributed by atoms with Crippen LogP contribution in [-0.4, -0.2) is 60.8 Å². The lowest BCUT2D eigenvalue weighted by Crippen LogP contribution is -2.51. The lowest BCUT2D eigenvalue weighted by Gasteiger charge is -2.35. The van der Waals surface area contributed by atoms with Crippen molar-refractivity contribution in [1.82, 2.24) is 20.5 Å². The van der Waals surface area contributed by atoms with Crippen molar-refractivity contribution in [1.29, 1.82) is 0 Å². The van der Waals surface area contributed by atoms with Crippen molar-refractivity contribution in [3.8, 4) is 0 Å². The van der Waals surface area contributed by atoms with Gasteiger partial charge in [0.15, 0.2) is 5.96 Å². The zero-order valence-electron chi connectivity index (χ0n) is 15.0. The number of rotatable bonds is 5. The number of aryl methyl sites for hydroxylation is 2. The molecule has 2 atom stereocenters. The second-order valence-electron chi connectivity index (χ2n) is 6.57. The molecule has 134 valence electrons. The lowest BCUT2D eigenvalue weighted by atomic mass is 10.2. The minimum absolute atomic E-state index is 0.217. The Labute approximate surface area is 143 Å². The number of nitrogens with zero attached hydrogens (tertiary/aromatic N) is 3.